The minimum Gasteiger partial charge on any atom is -0.486 e. The molecule has 1 atom stereocenters. The Bertz CT molecular complexity index is 1010. The lowest BCUT2D eigenvalue weighted by Crippen LogP contribution is -2.21. The van der Waals surface area contributed by atoms with Gasteiger partial charge in [0.05, 0.1) is 6.10 Å². The number of nitrogens with one attached hydrogen (secondary N) is 1. The first-order valence-corrected chi connectivity index (χ1v) is 9.52. The molecule has 0 bridgehead atoms. The number of ether oxygens (including phenoxy) is 3. The van der Waals surface area contributed by atoms with Gasteiger partial charge in [0.25, 0.3) is 0 Å². The fourth-order valence-electron chi connectivity index (χ4n) is 4.31. The number of aryl methyl sites for hydroxylation is 1. The van der Waals surface area contributed by atoms with Crippen LogP contribution < -0.4 is 14.8 Å². The molecule has 0 amide bonds. The molecule has 3 aromatic rings. The van der Waals surface area contributed by atoms with E-state index in [4.69, 9.17) is 14.2 Å². The van der Waals surface area contributed by atoms with E-state index in [2.05, 4.69) is 35.1 Å². The Hall–Kier alpha value is -2.66. The molecule has 0 spiro atoms. The van der Waals surface area contributed by atoms with E-state index in [0.717, 1.165) is 42.1 Å². The van der Waals surface area contributed by atoms with Crippen molar-refractivity contribution in [1.29, 1.82) is 0 Å². The van der Waals surface area contributed by atoms with Crippen molar-refractivity contribution >= 4 is 22.3 Å². The van der Waals surface area contributed by atoms with E-state index in [1.54, 1.807) is 0 Å². The van der Waals surface area contributed by atoms with Crippen LogP contribution in [0.1, 0.15) is 17.7 Å². The Balaban J connectivity index is 1.50. The van der Waals surface area contributed by atoms with E-state index < -0.39 is 0 Å². The van der Waals surface area contributed by atoms with Gasteiger partial charge in [0.1, 0.15) is 13.2 Å². The Morgan fingerprint density at radius 1 is 1.04 bits per heavy atom. The average molecular weight is 364 g/mol. The third-order valence-electron chi connectivity index (χ3n) is 5.74. The molecular formula is C22H24N2O3. The fourth-order valence-corrected chi connectivity index (χ4v) is 4.31. The highest BCUT2D eigenvalue weighted by atomic mass is 16.6. The van der Waals surface area contributed by atoms with E-state index >= 15 is 0 Å². The topological polar surface area (TPSA) is 44.6 Å². The first-order valence-electron chi connectivity index (χ1n) is 9.52. The van der Waals surface area contributed by atoms with Crippen molar-refractivity contribution in [2.24, 2.45) is 7.05 Å². The van der Waals surface area contributed by atoms with Crippen LogP contribution in [0, 0.1) is 0 Å². The molecule has 2 aliphatic rings. The van der Waals surface area contributed by atoms with Gasteiger partial charge in [0.2, 0.25) is 0 Å². The van der Waals surface area contributed by atoms with Gasteiger partial charge in [-0.2, -0.15) is 0 Å². The Morgan fingerprint density at radius 3 is 2.67 bits per heavy atom. The van der Waals surface area contributed by atoms with Crippen LogP contribution in [-0.4, -0.2) is 31.0 Å². The number of aromatic nitrogens is 1. The van der Waals surface area contributed by atoms with Gasteiger partial charge >= 0.3 is 0 Å². The van der Waals surface area contributed by atoms with Crippen molar-refractivity contribution in [1.82, 2.24) is 4.57 Å². The van der Waals surface area contributed by atoms with Gasteiger partial charge in [-0.15, -0.1) is 0 Å². The maximum absolute atomic E-state index is 5.69. The molecule has 1 aromatic heterocycles. The normalized spacial score (nSPS) is 18.4. The first-order chi connectivity index (χ1) is 13.2. The summed E-state index contributed by atoms with van der Waals surface area (Å²) in [6, 6.07) is 12.6. The van der Waals surface area contributed by atoms with Gasteiger partial charge in [-0.05, 0) is 48.7 Å². The van der Waals surface area contributed by atoms with Crippen molar-refractivity contribution in [3.8, 4) is 11.5 Å². The summed E-state index contributed by atoms with van der Waals surface area (Å²) >= 11 is 0. The molecule has 140 valence electrons. The zero-order valence-electron chi connectivity index (χ0n) is 15.7. The van der Waals surface area contributed by atoms with Crippen LogP contribution in [-0.2, 0) is 24.6 Å². The summed E-state index contributed by atoms with van der Waals surface area (Å²) in [5, 5.41) is 4.83. The lowest BCUT2D eigenvalue weighted by Gasteiger charge is -2.22. The second-order valence-corrected chi connectivity index (χ2v) is 7.30. The van der Waals surface area contributed by atoms with Gasteiger partial charge in [0.15, 0.2) is 11.5 Å². The summed E-state index contributed by atoms with van der Waals surface area (Å²) in [7, 11) is 3.98. The molecule has 0 radical (unpaired) electrons. The number of benzene rings is 2. The summed E-state index contributed by atoms with van der Waals surface area (Å²) < 4.78 is 19.3. The Kier molecular flexibility index (Phi) is 3.97. The van der Waals surface area contributed by atoms with Crippen molar-refractivity contribution in [2.45, 2.75) is 25.4 Å². The molecule has 1 aliphatic carbocycles. The van der Waals surface area contributed by atoms with Crippen LogP contribution in [0.5, 0.6) is 11.5 Å². The van der Waals surface area contributed by atoms with Crippen molar-refractivity contribution in [2.75, 3.05) is 25.6 Å². The zero-order valence-corrected chi connectivity index (χ0v) is 15.7. The number of nitrogens with zero attached hydrogens (tertiary/aromatic N) is 1. The number of methoxy groups -OCH3 is 1. The van der Waals surface area contributed by atoms with Crippen molar-refractivity contribution < 1.29 is 14.2 Å². The number of anilines is 2. The number of hydrogen-bond acceptors (Lipinski definition) is 4. The van der Waals surface area contributed by atoms with Crippen molar-refractivity contribution in [3.63, 3.8) is 0 Å². The second kappa shape index (κ2) is 6.50. The van der Waals surface area contributed by atoms with Crippen LogP contribution in [0.3, 0.4) is 0 Å². The summed E-state index contributed by atoms with van der Waals surface area (Å²) in [6.07, 6.45) is 3.47. The van der Waals surface area contributed by atoms with Gasteiger partial charge in [0, 0.05) is 54.6 Å². The third kappa shape index (κ3) is 2.82. The molecule has 1 N–H and O–H groups in total. The fraction of sp³-hybridized carbons (Fsp3) is 0.364. The minimum absolute atomic E-state index is 0.317. The molecule has 27 heavy (non-hydrogen) atoms. The standard InChI is InChI=1S/C22H24N2O3/c1-24-19-6-3-14(11-17(19)18-13-16(25-2)5-7-20(18)24)23-15-4-8-21-22(12-15)27-10-9-26-21/h3-4,6,8,11-12,16,23H,5,7,9-10,13H2,1-2H3. The molecular weight excluding hydrogens is 340 g/mol. The molecule has 2 aromatic carbocycles. The summed E-state index contributed by atoms with van der Waals surface area (Å²) in [5.41, 5.74) is 6.22. The first kappa shape index (κ1) is 16.5. The predicted octanol–water partition coefficient (Wildman–Crippen LogP) is 4.20. The van der Waals surface area contributed by atoms with E-state index in [-0.39, 0.29) is 0 Å². The van der Waals surface area contributed by atoms with Crippen molar-refractivity contribution in [3.05, 3.63) is 47.7 Å². The molecule has 1 unspecified atom stereocenters. The van der Waals surface area contributed by atoms with Crippen LogP contribution >= 0.6 is 0 Å². The largest absolute Gasteiger partial charge is 0.486 e. The molecule has 0 saturated carbocycles. The Morgan fingerprint density at radius 2 is 1.81 bits per heavy atom. The lowest BCUT2D eigenvalue weighted by molar-refractivity contribution is 0.0908. The molecule has 5 rings (SSSR count). The van der Waals surface area contributed by atoms with Gasteiger partial charge in [-0.1, -0.05) is 0 Å². The van der Waals surface area contributed by atoms with Crippen LogP contribution in [0.2, 0.25) is 0 Å². The second-order valence-electron chi connectivity index (χ2n) is 7.30. The summed E-state index contributed by atoms with van der Waals surface area (Å²) in [4.78, 5) is 0. The van der Waals surface area contributed by atoms with Crippen LogP contribution in [0.15, 0.2) is 36.4 Å². The quantitative estimate of drug-likeness (QED) is 0.757. The highest BCUT2D eigenvalue weighted by Crippen LogP contribution is 2.36. The number of hydrogen-bond donors (Lipinski definition) is 1. The van der Waals surface area contributed by atoms with Crippen LogP contribution in [0.25, 0.3) is 10.9 Å². The Labute approximate surface area is 158 Å². The summed E-state index contributed by atoms with van der Waals surface area (Å²) in [5.74, 6) is 1.61. The maximum Gasteiger partial charge on any atom is 0.163 e. The van der Waals surface area contributed by atoms with Gasteiger partial charge < -0.3 is 24.1 Å². The SMILES string of the molecule is COC1CCc2c(c3cc(Nc4ccc5c(c4)OCCO5)ccc3n2C)C1. The maximum atomic E-state index is 5.69. The van der Waals surface area contributed by atoms with Crippen LogP contribution in [0.4, 0.5) is 11.4 Å². The third-order valence-corrected chi connectivity index (χ3v) is 5.74. The highest BCUT2D eigenvalue weighted by Gasteiger charge is 2.24. The number of fused-ring (bicyclic) bond motifs is 4. The molecule has 0 saturated heterocycles. The lowest BCUT2D eigenvalue weighted by atomic mass is 9.93. The molecule has 0 fully saturated rings. The van der Waals surface area contributed by atoms with E-state index in [1.165, 1.54) is 22.2 Å². The minimum atomic E-state index is 0.317. The summed E-state index contributed by atoms with van der Waals surface area (Å²) in [6.45, 7) is 1.21. The zero-order chi connectivity index (χ0) is 18.4. The van der Waals surface area contributed by atoms with Gasteiger partial charge in [-0.25, -0.2) is 0 Å². The highest BCUT2D eigenvalue weighted by molar-refractivity contribution is 5.89. The predicted molar refractivity (Wildman–Crippen MR) is 106 cm³/mol. The number of rotatable bonds is 3. The smallest absolute Gasteiger partial charge is 0.163 e. The van der Waals surface area contributed by atoms with E-state index in [1.807, 2.05) is 25.3 Å². The molecule has 5 heteroatoms. The molecule has 2 heterocycles. The van der Waals surface area contributed by atoms with Gasteiger partial charge in [-0.3, -0.25) is 0 Å². The van der Waals surface area contributed by atoms with E-state index in [0.29, 0.717) is 19.3 Å². The monoisotopic (exact) mass is 364 g/mol. The average Bonchev–Trinajstić information content (AvgIpc) is 2.99. The molecule has 5 nitrogen and oxygen atoms in total. The van der Waals surface area contributed by atoms with E-state index in [9.17, 15) is 0 Å². The molecule has 1 aliphatic heterocycles.